The molecule has 2 atom stereocenters. The number of aryl methyl sites for hydroxylation is 4. The predicted molar refractivity (Wildman–Crippen MR) is 154 cm³/mol. The summed E-state index contributed by atoms with van der Waals surface area (Å²) < 4.78 is 8.10. The third-order valence-corrected chi connectivity index (χ3v) is 7.82. The van der Waals surface area contributed by atoms with Crippen molar-refractivity contribution >= 4 is 17.0 Å². The Morgan fingerprint density at radius 2 is 1.92 bits per heavy atom. The van der Waals surface area contributed by atoms with Gasteiger partial charge in [-0.05, 0) is 67.1 Å². The summed E-state index contributed by atoms with van der Waals surface area (Å²) in [6, 6.07) is 16.8. The molecule has 0 saturated carbocycles. The molecular formula is C31H39N5O3. The first-order chi connectivity index (χ1) is 18.2. The number of fused-ring (bicyclic) bond motifs is 2. The highest BCUT2D eigenvalue weighted by atomic mass is 16.5. The van der Waals surface area contributed by atoms with E-state index in [0.29, 0.717) is 0 Å². The van der Waals surface area contributed by atoms with E-state index in [4.69, 9.17) is 4.74 Å². The number of benzene rings is 3. The standard InChI is InChI=1S/C31H36N4O3.H3N/c1-6-25-18-35(17-24-13-19(2)7-12-29(24)38-25)16-23-14-22(9-8-20(23)3)27(15-30(36)37)26-10-11-28-31(21(26)4)32-33-34(28)5;/h7-14,25,27H,6,15-18H2,1-5H3,(H,36,37);1H3/t25-,27?;/m1./s1. The first-order valence-electron chi connectivity index (χ1n) is 13.3. The van der Waals surface area contributed by atoms with E-state index in [2.05, 4.69) is 72.4 Å². The van der Waals surface area contributed by atoms with Crippen molar-refractivity contribution in [2.24, 2.45) is 7.05 Å². The summed E-state index contributed by atoms with van der Waals surface area (Å²) in [5, 5.41) is 18.3. The number of hydrogen-bond donors (Lipinski definition) is 2. The highest BCUT2D eigenvalue weighted by Gasteiger charge is 2.25. The molecule has 1 aliphatic rings. The zero-order valence-corrected chi connectivity index (χ0v) is 23.6. The summed E-state index contributed by atoms with van der Waals surface area (Å²) in [7, 11) is 1.87. The van der Waals surface area contributed by atoms with E-state index in [0.717, 1.165) is 59.5 Å². The van der Waals surface area contributed by atoms with Crippen LogP contribution in [0.1, 0.15) is 64.6 Å². The van der Waals surface area contributed by atoms with Crippen LogP contribution in [0, 0.1) is 20.8 Å². The van der Waals surface area contributed by atoms with Crippen molar-refractivity contribution in [2.75, 3.05) is 6.54 Å². The lowest BCUT2D eigenvalue weighted by Gasteiger charge is -2.25. The highest BCUT2D eigenvalue weighted by molar-refractivity contribution is 5.80. The molecule has 1 unspecified atom stereocenters. The van der Waals surface area contributed by atoms with Crippen LogP contribution in [0.2, 0.25) is 0 Å². The molecule has 4 N–H and O–H groups in total. The van der Waals surface area contributed by atoms with Crippen LogP contribution in [0.3, 0.4) is 0 Å². The van der Waals surface area contributed by atoms with Gasteiger partial charge in [0.15, 0.2) is 0 Å². The zero-order chi connectivity index (χ0) is 27.0. The van der Waals surface area contributed by atoms with Crippen molar-refractivity contribution < 1.29 is 14.6 Å². The predicted octanol–water partition coefficient (Wildman–Crippen LogP) is 5.84. The van der Waals surface area contributed by atoms with Crippen LogP contribution < -0.4 is 10.9 Å². The minimum absolute atomic E-state index is 0. The van der Waals surface area contributed by atoms with Crippen LogP contribution in [-0.4, -0.2) is 43.6 Å². The number of nitrogens with zero attached hydrogens (tertiary/aromatic N) is 4. The number of rotatable bonds is 7. The lowest BCUT2D eigenvalue weighted by atomic mass is 9.84. The molecule has 1 aliphatic heterocycles. The molecule has 0 bridgehead atoms. The van der Waals surface area contributed by atoms with Crippen molar-refractivity contribution in [3.05, 3.63) is 87.5 Å². The Kier molecular flexibility index (Phi) is 8.37. The van der Waals surface area contributed by atoms with Gasteiger partial charge in [-0.15, -0.1) is 5.10 Å². The maximum atomic E-state index is 12.0. The SMILES string of the molecule is CC[C@@H]1CN(Cc2cc(C(CC(=O)O)c3ccc4c(nnn4C)c3C)ccc2C)Cc2cc(C)ccc2O1.N. The topological polar surface area (TPSA) is 115 Å². The Morgan fingerprint density at radius 3 is 2.67 bits per heavy atom. The molecule has 3 aromatic carbocycles. The van der Waals surface area contributed by atoms with Gasteiger partial charge in [0.05, 0.1) is 11.9 Å². The van der Waals surface area contributed by atoms with Crippen LogP contribution in [-0.2, 0) is 24.9 Å². The van der Waals surface area contributed by atoms with Gasteiger partial charge in [0.25, 0.3) is 0 Å². The molecule has 8 nitrogen and oxygen atoms in total. The van der Waals surface area contributed by atoms with Crippen LogP contribution >= 0.6 is 0 Å². The minimum Gasteiger partial charge on any atom is -0.489 e. The summed E-state index contributed by atoms with van der Waals surface area (Å²) in [6.07, 6.45) is 1.08. The Morgan fingerprint density at radius 1 is 1.13 bits per heavy atom. The van der Waals surface area contributed by atoms with E-state index < -0.39 is 5.97 Å². The van der Waals surface area contributed by atoms with Crippen molar-refractivity contribution in [3.8, 4) is 5.75 Å². The van der Waals surface area contributed by atoms with Crippen LogP contribution in [0.15, 0.2) is 48.5 Å². The Hall–Kier alpha value is -3.75. The van der Waals surface area contributed by atoms with E-state index in [-0.39, 0.29) is 24.6 Å². The van der Waals surface area contributed by atoms with E-state index in [1.54, 1.807) is 4.68 Å². The first kappa shape index (κ1) is 28.3. The van der Waals surface area contributed by atoms with Gasteiger partial charge in [-0.1, -0.05) is 54.1 Å². The fraction of sp³-hybridized carbons (Fsp3) is 0.387. The molecule has 0 spiro atoms. The molecule has 0 amide bonds. The van der Waals surface area contributed by atoms with E-state index in [9.17, 15) is 9.90 Å². The molecule has 1 aromatic heterocycles. The number of carboxylic acid groups (broad SMARTS) is 1. The third-order valence-electron chi connectivity index (χ3n) is 7.82. The van der Waals surface area contributed by atoms with Gasteiger partial charge in [0.1, 0.15) is 17.4 Å². The van der Waals surface area contributed by atoms with Crippen LogP contribution in [0.5, 0.6) is 5.75 Å². The summed E-state index contributed by atoms with van der Waals surface area (Å²) in [4.78, 5) is 14.5. The fourth-order valence-corrected chi connectivity index (χ4v) is 5.62. The molecule has 0 fully saturated rings. The highest BCUT2D eigenvalue weighted by Crippen LogP contribution is 2.35. The molecular weight excluding hydrogens is 490 g/mol. The molecule has 0 aliphatic carbocycles. The van der Waals surface area contributed by atoms with Gasteiger partial charge in [-0.25, -0.2) is 4.68 Å². The maximum Gasteiger partial charge on any atom is 0.304 e. The number of carbonyl (C=O) groups is 1. The number of hydrogen-bond acceptors (Lipinski definition) is 6. The summed E-state index contributed by atoms with van der Waals surface area (Å²) in [5.74, 6) is -0.123. The maximum absolute atomic E-state index is 12.0. The molecule has 4 aromatic rings. The second-order valence-electron chi connectivity index (χ2n) is 10.6. The quantitative estimate of drug-likeness (QED) is 0.309. The molecule has 206 valence electrons. The second-order valence-corrected chi connectivity index (χ2v) is 10.6. The average Bonchev–Trinajstić information content (AvgIpc) is 3.17. The zero-order valence-electron chi connectivity index (χ0n) is 23.6. The van der Waals surface area contributed by atoms with Crippen molar-refractivity contribution in [1.29, 1.82) is 0 Å². The van der Waals surface area contributed by atoms with Crippen molar-refractivity contribution in [1.82, 2.24) is 26.0 Å². The smallest absolute Gasteiger partial charge is 0.304 e. The molecule has 5 rings (SSSR count). The number of ether oxygens (including phenoxy) is 1. The monoisotopic (exact) mass is 529 g/mol. The fourth-order valence-electron chi connectivity index (χ4n) is 5.62. The van der Waals surface area contributed by atoms with Crippen LogP contribution in [0.4, 0.5) is 0 Å². The van der Waals surface area contributed by atoms with Gasteiger partial charge in [0.2, 0.25) is 0 Å². The molecule has 0 saturated heterocycles. The average molecular weight is 530 g/mol. The van der Waals surface area contributed by atoms with Gasteiger partial charge in [-0.3, -0.25) is 9.69 Å². The summed E-state index contributed by atoms with van der Waals surface area (Å²) in [6.45, 7) is 10.9. The number of aliphatic carboxylic acids is 1. The van der Waals surface area contributed by atoms with E-state index >= 15 is 0 Å². The van der Waals surface area contributed by atoms with Crippen molar-refractivity contribution in [3.63, 3.8) is 0 Å². The number of carboxylic acids is 1. The molecule has 8 heteroatoms. The second kappa shape index (κ2) is 11.6. The lowest BCUT2D eigenvalue weighted by Crippen LogP contribution is -2.32. The van der Waals surface area contributed by atoms with Gasteiger partial charge < -0.3 is 16.0 Å². The largest absolute Gasteiger partial charge is 0.489 e. The summed E-state index contributed by atoms with van der Waals surface area (Å²) in [5.41, 5.74) is 9.58. The van der Waals surface area contributed by atoms with E-state index in [1.165, 1.54) is 22.3 Å². The van der Waals surface area contributed by atoms with Crippen LogP contribution in [0.25, 0.3) is 11.0 Å². The molecule has 0 radical (unpaired) electrons. The Bertz CT molecular complexity index is 1500. The van der Waals surface area contributed by atoms with Gasteiger partial charge in [-0.2, -0.15) is 0 Å². The van der Waals surface area contributed by atoms with E-state index in [1.807, 2.05) is 26.1 Å². The third kappa shape index (κ3) is 5.82. The molecule has 39 heavy (non-hydrogen) atoms. The minimum atomic E-state index is -0.821. The molecule has 2 heterocycles. The number of aromatic nitrogens is 3. The van der Waals surface area contributed by atoms with Crippen molar-refractivity contribution in [2.45, 2.75) is 65.6 Å². The summed E-state index contributed by atoms with van der Waals surface area (Å²) >= 11 is 0. The normalized spacial score (nSPS) is 16.2. The Balaban J connectivity index is 0.00000353. The van der Waals surface area contributed by atoms with Gasteiger partial charge >= 0.3 is 5.97 Å². The first-order valence-corrected chi connectivity index (χ1v) is 13.3. The Labute approximate surface area is 230 Å². The van der Waals surface area contributed by atoms with Gasteiger partial charge in [0, 0.05) is 38.2 Å². The lowest BCUT2D eigenvalue weighted by molar-refractivity contribution is -0.137.